The molecule has 0 saturated heterocycles. The van der Waals surface area contributed by atoms with E-state index in [0.717, 1.165) is 22.5 Å². The molecule has 3 aromatic rings. The van der Waals surface area contributed by atoms with Gasteiger partial charge < -0.3 is 4.57 Å². The molecule has 24 heavy (non-hydrogen) atoms. The first-order valence-electron chi connectivity index (χ1n) is 7.88. The molecule has 0 aliphatic rings. The summed E-state index contributed by atoms with van der Waals surface area (Å²) in [7, 11) is 2.04. The molecule has 0 bridgehead atoms. The Balaban J connectivity index is 1.58. The van der Waals surface area contributed by atoms with Crippen LogP contribution in [-0.4, -0.2) is 14.8 Å². The van der Waals surface area contributed by atoms with Gasteiger partial charge in [0.2, 0.25) is 0 Å². The van der Waals surface area contributed by atoms with E-state index < -0.39 is 0 Å². The number of benzene rings is 2. The number of thioether (sulfide) groups is 2. The van der Waals surface area contributed by atoms with Gasteiger partial charge in [-0.2, -0.15) is 0 Å². The molecule has 3 rings (SSSR count). The predicted molar refractivity (Wildman–Crippen MR) is 102 cm³/mol. The maximum Gasteiger partial charge on any atom is 0.191 e. The fourth-order valence-corrected chi connectivity index (χ4v) is 3.97. The smallest absolute Gasteiger partial charge is 0.191 e. The first-order valence-corrected chi connectivity index (χ1v) is 9.85. The van der Waals surface area contributed by atoms with Crippen molar-refractivity contribution in [2.75, 3.05) is 0 Å². The highest BCUT2D eigenvalue weighted by atomic mass is 32.2. The summed E-state index contributed by atoms with van der Waals surface area (Å²) < 4.78 is 2.10. The number of hydrogen-bond acceptors (Lipinski definition) is 4. The number of rotatable bonds is 6. The molecule has 0 N–H and O–H groups in total. The maximum absolute atomic E-state index is 4.35. The van der Waals surface area contributed by atoms with E-state index >= 15 is 0 Å². The van der Waals surface area contributed by atoms with Crippen LogP contribution < -0.4 is 0 Å². The van der Waals surface area contributed by atoms with Crippen LogP contribution in [-0.2, 0) is 18.6 Å². The second-order valence-corrected chi connectivity index (χ2v) is 7.83. The minimum atomic E-state index is 0.831. The summed E-state index contributed by atoms with van der Waals surface area (Å²) in [6.07, 6.45) is 0. The first-order chi connectivity index (χ1) is 11.6. The van der Waals surface area contributed by atoms with E-state index in [1.807, 2.05) is 7.05 Å². The highest BCUT2D eigenvalue weighted by Crippen LogP contribution is 2.25. The summed E-state index contributed by atoms with van der Waals surface area (Å²) in [5.41, 5.74) is 3.88. The Bertz CT molecular complexity index is 725. The molecule has 1 heterocycles. The van der Waals surface area contributed by atoms with Crippen LogP contribution in [0.2, 0.25) is 0 Å². The zero-order valence-electron chi connectivity index (χ0n) is 14.2. The minimum Gasteiger partial charge on any atom is -0.308 e. The monoisotopic (exact) mass is 355 g/mol. The average molecular weight is 356 g/mol. The normalized spacial score (nSPS) is 11.0. The largest absolute Gasteiger partial charge is 0.308 e. The number of aryl methyl sites for hydroxylation is 2. The van der Waals surface area contributed by atoms with Gasteiger partial charge in [0.1, 0.15) is 5.82 Å². The Morgan fingerprint density at radius 3 is 2.08 bits per heavy atom. The molecule has 1 aromatic heterocycles. The Morgan fingerprint density at radius 2 is 1.42 bits per heavy atom. The first kappa shape index (κ1) is 17.1. The summed E-state index contributed by atoms with van der Waals surface area (Å²) >= 11 is 3.52. The lowest BCUT2D eigenvalue weighted by Gasteiger charge is -2.05. The highest BCUT2D eigenvalue weighted by molar-refractivity contribution is 7.98. The van der Waals surface area contributed by atoms with Crippen LogP contribution in [0.1, 0.15) is 22.5 Å². The lowest BCUT2D eigenvalue weighted by Crippen LogP contribution is -1.97. The van der Waals surface area contributed by atoms with Gasteiger partial charge in [-0.15, -0.1) is 22.0 Å². The van der Waals surface area contributed by atoms with Crippen molar-refractivity contribution in [1.82, 2.24) is 14.8 Å². The third-order valence-electron chi connectivity index (χ3n) is 3.80. The molecular weight excluding hydrogens is 334 g/mol. The molecule has 0 spiro atoms. The molecule has 0 atom stereocenters. The van der Waals surface area contributed by atoms with E-state index in [2.05, 4.69) is 77.1 Å². The molecule has 5 heteroatoms. The number of nitrogens with zero attached hydrogens (tertiary/aromatic N) is 3. The van der Waals surface area contributed by atoms with Crippen molar-refractivity contribution in [3.63, 3.8) is 0 Å². The highest BCUT2D eigenvalue weighted by Gasteiger charge is 2.10. The van der Waals surface area contributed by atoms with Crippen LogP contribution in [0.25, 0.3) is 0 Å². The van der Waals surface area contributed by atoms with Gasteiger partial charge in [-0.05, 0) is 31.5 Å². The van der Waals surface area contributed by atoms with Crippen LogP contribution in [0.5, 0.6) is 0 Å². The molecule has 0 amide bonds. The predicted octanol–water partition coefficient (Wildman–Crippen LogP) is 5.02. The Labute approximate surface area is 151 Å². The Kier molecular flexibility index (Phi) is 5.63. The maximum atomic E-state index is 4.35. The molecule has 0 unspecified atom stereocenters. The number of aromatic nitrogens is 3. The SMILES string of the molecule is Cc1ccc(CSc2nnc(CSc3ccc(C)cc3)n2C)cc1. The summed E-state index contributed by atoms with van der Waals surface area (Å²) in [6.45, 7) is 4.21. The van der Waals surface area contributed by atoms with E-state index in [1.54, 1.807) is 23.5 Å². The van der Waals surface area contributed by atoms with Crippen LogP contribution >= 0.6 is 23.5 Å². The van der Waals surface area contributed by atoms with Crippen molar-refractivity contribution in [2.45, 2.75) is 35.4 Å². The van der Waals surface area contributed by atoms with Gasteiger partial charge in [0.15, 0.2) is 5.16 Å². The molecule has 0 saturated carbocycles. The van der Waals surface area contributed by atoms with Gasteiger partial charge in [-0.25, -0.2) is 0 Å². The van der Waals surface area contributed by atoms with Crippen LogP contribution in [0.3, 0.4) is 0 Å². The third kappa shape index (κ3) is 4.42. The van der Waals surface area contributed by atoms with Crippen LogP contribution in [0, 0.1) is 13.8 Å². The summed E-state index contributed by atoms with van der Waals surface area (Å²) in [5.74, 6) is 2.75. The molecule has 0 aliphatic heterocycles. The van der Waals surface area contributed by atoms with Gasteiger partial charge in [0.25, 0.3) is 0 Å². The topological polar surface area (TPSA) is 30.7 Å². The minimum absolute atomic E-state index is 0.831. The van der Waals surface area contributed by atoms with E-state index in [0.29, 0.717) is 0 Å². The molecule has 3 nitrogen and oxygen atoms in total. The summed E-state index contributed by atoms with van der Waals surface area (Å²) in [6, 6.07) is 17.2. The van der Waals surface area contributed by atoms with Gasteiger partial charge in [0, 0.05) is 17.7 Å². The molecule has 0 aliphatic carbocycles. The lowest BCUT2D eigenvalue weighted by molar-refractivity contribution is 0.761. The summed E-state index contributed by atoms with van der Waals surface area (Å²) in [5, 5.41) is 9.65. The van der Waals surface area contributed by atoms with Crippen molar-refractivity contribution in [3.8, 4) is 0 Å². The Hall–Kier alpha value is -1.72. The zero-order chi connectivity index (χ0) is 16.9. The van der Waals surface area contributed by atoms with Gasteiger partial charge in [0.05, 0.1) is 5.75 Å². The van der Waals surface area contributed by atoms with Crippen LogP contribution in [0.15, 0.2) is 58.6 Å². The second-order valence-electron chi connectivity index (χ2n) is 5.83. The van der Waals surface area contributed by atoms with E-state index in [1.165, 1.54) is 21.6 Å². The van der Waals surface area contributed by atoms with Crippen molar-refractivity contribution >= 4 is 23.5 Å². The summed E-state index contributed by atoms with van der Waals surface area (Å²) in [4.78, 5) is 1.26. The third-order valence-corrected chi connectivity index (χ3v) is 5.90. The zero-order valence-corrected chi connectivity index (χ0v) is 15.8. The molecule has 0 radical (unpaired) electrons. The van der Waals surface area contributed by atoms with Crippen molar-refractivity contribution in [3.05, 3.63) is 71.0 Å². The molecular formula is C19H21N3S2. The molecule has 2 aromatic carbocycles. The fourth-order valence-electron chi connectivity index (χ4n) is 2.21. The van der Waals surface area contributed by atoms with Gasteiger partial charge >= 0.3 is 0 Å². The van der Waals surface area contributed by atoms with Crippen LogP contribution in [0.4, 0.5) is 0 Å². The lowest BCUT2D eigenvalue weighted by atomic mass is 10.2. The quantitative estimate of drug-likeness (QED) is 0.581. The fraction of sp³-hybridized carbons (Fsp3) is 0.263. The van der Waals surface area contributed by atoms with Crippen molar-refractivity contribution in [2.24, 2.45) is 7.05 Å². The molecule has 124 valence electrons. The number of hydrogen-bond donors (Lipinski definition) is 0. The van der Waals surface area contributed by atoms with E-state index in [4.69, 9.17) is 0 Å². The standard InChI is InChI=1S/C19H21N3S2/c1-14-4-8-16(9-5-14)12-24-19-21-20-18(22(19)3)13-23-17-10-6-15(2)7-11-17/h4-11H,12-13H2,1-3H3. The van der Waals surface area contributed by atoms with Gasteiger partial charge in [-0.3, -0.25) is 0 Å². The average Bonchev–Trinajstić information content (AvgIpc) is 2.94. The Morgan fingerprint density at radius 1 is 0.792 bits per heavy atom. The van der Waals surface area contributed by atoms with Crippen molar-refractivity contribution < 1.29 is 0 Å². The van der Waals surface area contributed by atoms with E-state index in [9.17, 15) is 0 Å². The van der Waals surface area contributed by atoms with Crippen molar-refractivity contribution in [1.29, 1.82) is 0 Å². The van der Waals surface area contributed by atoms with E-state index in [-0.39, 0.29) is 0 Å². The second kappa shape index (κ2) is 7.90. The molecule has 0 fully saturated rings. The van der Waals surface area contributed by atoms with Gasteiger partial charge in [-0.1, -0.05) is 59.3 Å².